The van der Waals surface area contributed by atoms with Crippen LogP contribution in [0.3, 0.4) is 0 Å². The predicted octanol–water partition coefficient (Wildman–Crippen LogP) is 6.95. The van der Waals surface area contributed by atoms with Gasteiger partial charge in [-0.2, -0.15) is 0 Å². The van der Waals surface area contributed by atoms with Crippen molar-refractivity contribution < 1.29 is 9.63 Å². The van der Waals surface area contributed by atoms with E-state index in [0.717, 1.165) is 37.8 Å². The lowest BCUT2D eigenvalue weighted by molar-refractivity contribution is 0.473. The quantitative estimate of drug-likeness (QED) is 0.431. The highest BCUT2D eigenvalue weighted by Crippen LogP contribution is 2.39. The molecule has 0 amide bonds. The fraction of sp³-hybridized carbons (Fsp3) is 0.182. The van der Waals surface area contributed by atoms with Crippen molar-refractivity contribution in [1.29, 1.82) is 0 Å². The van der Waals surface area contributed by atoms with E-state index >= 15 is 0 Å². The zero-order valence-electron chi connectivity index (χ0n) is 15.7. The number of aromatic hydroxyl groups is 1. The number of aryl methyl sites for hydroxylation is 2. The van der Waals surface area contributed by atoms with Gasteiger partial charge in [0.1, 0.15) is 11.5 Å². The third kappa shape index (κ3) is 5.03. The lowest BCUT2D eigenvalue weighted by atomic mass is 10.1. The number of hydrogen-bond donors (Lipinski definition) is 1. The van der Waals surface area contributed by atoms with Crippen LogP contribution in [0.5, 0.6) is 11.5 Å². The zero-order chi connectivity index (χ0) is 19.3. The van der Waals surface area contributed by atoms with Crippen LogP contribution in [-0.4, -0.2) is 5.11 Å². The van der Waals surface area contributed by atoms with Gasteiger partial charge in [-0.3, -0.25) is 0 Å². The Kier molecular flexibility index (Phi) is 7.14. The van der Waals surface area contributed by atoms with Gasteiger partial charge in [0, 0.05) is 20.9 Å². The van der Waals surface area contributed by atoms with Crippen LogP contribution < -0.4 is 4.52 Å². The molecule has 4 heteroatoms. The minimum atomic E-state index is 0.277. The summed E-state index contributed by atoms with van der Waals surface area (Å²) < 4.78 is 5.45. The summed E-state index contributed by atoms with van der Waals surface area (Å²) in [5.74, 6) is 1.12. The highest BCUT2D eigenvalue weighted by atomic mass is 32.2. The summed E-state index contributed by atoms with van der Waals surface area (Å²) in [7, 11) is 2.32. The van der Waals surface area contributed by atoms with Crippen LogP contribution in [0.4, 0.5) is 0 Å². The van der Waals surface area contributed by atoms with Crippen molar-refractivity contribution in [1.82, 2.24) is 0 Å². The smallest absolute Gasteiger partial charge is 0.130 e. The first-order chi connectivity index (χ1) is 12.3. The fourth-order valence-electron chi connectivity index (χ4n) is 2.54. The maximum atomic E-state index is 10.2. The molecule has 136 valence electrons. The Morgan fingerprint density at radius 2 is 1.69 bits per heavy atom. The molecule has 0 spiro atoms. The SMILES string of the molecule is C=C/C=C\c1cc(Sc2cc(C=C(C)C)c(OP)cc2C)c(C)cc1O. The van der Waals surface area contributed by atoms with Crippen molar-refractivity contribution in [3.05, 3.63) is 70.8 Å². The topological polar surface area (TPSA) is 29.5 Å². The molecule has 2 nitrogen and oxygen atoms in total. The zero-order valence-corrected chi connectivity index (χ0v) is 17.6. The molecule has 1 atom stereocenters. The second-order valence-corrected chi connectivity index (χ2v) is 7.69. The Balaban J connectivity index is 2.49. The minimum absolute atomic E-state index is 0.277. The van der Waals surface area contributed by atoms with Crippen LogP contribution in [0.25, 0.3) is 12.2 Å². The average Bonchev–Trinajstić information content (AvgIpc) is 2.58. The van der Waals surface area contributed by atoms with E-state index < -0.39 is 0 Å². The third-order valence-electron chi connectivity index (χ3n) is 3.83. The normalized spacial score (nSPS) is 10.8. The Bertz CT molecular complexity index is 878. The molecular weight excluding hydrogens is 359 g/mol. The molecular formula is C22H25O2PS. The Labute approximate surface area is 163 Å². The van der Waals surface area contributed by atoms with Gasteiger partial charge in [-0.25, -0.2) is 0 Å². The summed E-state index contributed by atoms with van der Waals surface area (Å²) in [5.41, 5.74) is 5.24. The molecule has 0 radical (unpaired) electrons. The number of allylic oxidation sites excluding steroid dienone is 3. The third-order valence-corrected chi connectivity index (χ3v) is 5.41. The lowest BCUT2D eigenvalue weighted by Crippen LogP contribution is -1.89. The van der Waals surface area contributed by atoms with Crippen molar-refractivity contribution in [2.24, 2.45) is 0 Å². The van der Waals surface area contributed by atoms with Gasteiger partial charge < -0.3 is 9.63 Å². The van der Waals surface area contributed by atoms with Gasteiger partial charge in [-0.15, -0.1) is 0 Å². The van der Waals surface area contributed by atoms with Crippen LogP contribution in [0.15, 0.2) is 58.4 Å². The summed E-state index contributed by atoms with van der Waals surface area (Å²) >= 11 is 1.70. The molecule has 0 saturated carbocycles. The molecule has 0 bridgehead atoms. The molecule has 0 heterocycles. The van der Waals surface area contributed by atoms with Crippen LogP contribution >= 0.6 is 21.2 Å². The Morgan fingerprint density at radius 1 is 1.08 bits per heavy atom. The molecule has 0 aliphatic rings. The van der Waals surface area contributed by atoms with Crippen molar-refractivity contribution in [2.45, 2.75) is 37.5 Å². The lowest BCUT2D eigenvalue weighted by Gasteiger charge is -2.14. The highest BCUT2D eigenvalue weighted by molar-refractivity contribution is 7.99. The van der Waals surface area contributed by atoms with Crippen LogP contribution in [-0.2, 0) is 0 Å². The molecule has 26 heavy (non-hydrogen) atoms. The van der Waals surface area contributed by atoms with E-state index in [-0.39, 0.29) is 5.75 Å². The average molecular weight is 384 g/mol. The van der Waals surface area contributed by atoms with Crippen LogP contribution in [0.2, 0.25) is 0 Å². The fourth-order valence-corrected chi connectivity index (χ4v) is 3.79. The van der Waals surface area contributed by atoms with Gasteiger partial charge >= 0.3 is 0 Å². The molecule has 2 rings (SSSR count). The molecule has 2 aromatic rings. The summed E-state index contributed by atoms with van der Waals surface area (Å²) in [4.78, 5) is 2.27. The van der Waals surface area contributed by atoms with Gasteiger partial charge in [-0.05, 0) is 63.1 Å². The van der Waals surface area contributed by atoms with Crippen LogP contribution in [0, 0.1) is 13.8 Å². The standard InChI is InChI=1S/C22H25O2PS/c1-6-7-8-17-12-21(15(4)10-19(17)23)26-22-13-18(9-14(2)3)20(24-25)11-16(22)5/h6-13,23H,1,25H2,2-5H3/b8-7-. The van der Waals surface area contributed by atoms with Crippen molar-refractivity contribution in [2.75, 3.05) is 0 Å². The molecule has 0 aliphatic carbocycles. The maximum Gasteiger partial charge on any atom is 0.130 e. The molecule has 0 fully saturated rings. The summed E-state index contributed by atoms with van der Waals surface area (Å²) in [6.45, 7) is 11.9. The van der Waals surface area contributed by atoms with Gasteiger partial charge in [0.05, 0.1) is 9.47 Å². The van der Waals surface area contributed by atoms with Crippen molar-refractivity contribution >= 4 is 33.4 Å². The maximum absolute atomic E-state index is 10.2. The first-order valence-corrected chi connectivity index (χ1v) is 9.61. The summed E-state index contributed by atoms with van der Waals surface area (Å²) in [5, 5.41) is 10.2. The van der Waals surface area contributed by atoms with E-state index in [2.05, 4.69) is 55.0 Å². The molecule has 2 aromatic carbocycles. The van der Waals surface area contributed by atoms with Gasteiger partial charge in [0.2, 0.25) is 0 Å². The second kappa shape index (κ2) is 9.12. The molecule has 1 N–H and O–H groups in total. The van der Waals surface area contributed by atoms with Crippen molar-refractivity contribution in [3.63, 3.8) is 0 Å². The number of rotatable bonds is 6. The molecule has 0 aliphatic heterocycles. The first-order valence-electron chi connectivity index (χ1n) is 8.32. The Morgan fingerprint density at radius 3 is 2.27 bits per heavy atom. The van der Waals surface area contributed by atoms with Gasteiger partial charge in [0.15, 0.2) is 0 Å². The van der Waals surface area contributed by atoms with E-state index in [1.807, 2.05) is 25.1 Å². The summed E-state index contributed by atoms with van der Waals surface area (Å²) in [6.07, 6.45) is 7.49. The number of hydrogen-bond acceptors (Lipinski definition) is 3. The number of phenolic OH excluding ortho intramolecular Hbond substituents is 1. The monoisotopic (exact) mass is 384 g/mol. The van der Waals surface area contributed by atoms with Gasteiger partial charge in [0.25, 0.3) is 0 Å². The van der Waals surface area contributed by atoms with E-state index in [1.165, 1.54) is 5.57 Å². The molecule has 0 aromatic heterocycles. The highest BCUT2D eigenvalue weighted by Gasteiger charge is 2.11. The van der Waals surface area contributed by atoms with Gasteiger partial charge in [-0.1, -0.05) is 48.2 Å². The van der Waals surface area contributed by atoms with E-state index in [9.17, 15) is 5.11 Å². The first kappa shape index (κ1) is 20.4. The van der Waals surface area contributed by atoms with E-state index in [1.54, 1.807) is 23.9 Å². The minimum Gasteiger partial charge on any atom is -0.507 e. The predicted molar refractivity (Wildman–Crippen MR) is 117 cm³/mol. The van der Waals surface area contributed by atoms with Crippen molar-refractivity contribution in [3.8, 4) is 11.5 Å². The Hall–Kier alpha value is -1.96. The molecule has 0 saturated heterocycles. The van der Waals surface area contributed by atoms with Crippen LogP contribution in [0.1, 0.15) is 36.1 Å². The number of benzene rings is 2. The number of phenols is 1. The second-order valence-electron chi connectivity index (χ2n) is 6.37. The van der Waals surface area contributed by atoms with E-state index in [0.29, 0.717) is 0 Å². The molecule has 1 unspecified atom stereocenters. The summed E-state index contributed by atoms with van der Waals surface area (Å²) in [6, 6.07) is 8.02. The largest absolute Gasteiger partial charge is 0.507 e. The van der Waals surface area contributed by atoms with E-state index in [4.69, 9.17) is 4.52 Å².